The standard InChI is InChI=1S/C10H12BrN3/c1-7(12)5-8-3-2-4-14-9(11)6-13-10(8)14/h2-4,6-7H,5,12H2,1H3. The monoisotopic (exact) mass is 253 g/mol. The molecule has 0 saturated carbocycles. The summed E-state index contributed by atoms with van der Waals surface area (Å²) in [6.07, 6.45) is 4.64. The molecule has 0 saturated heterocycles. The summed E-state index contributed by atoms with van der Waals surface area (Å²) in [6, 6.07) is 4.24. The first-order valence-corrected chi connectivity index (χ1v) is 5.34. The Morgan fingerprint density at radius 1 is 1.64 bits per heavy atom. The van der Waals surface area contributed by atoms with Crippen molar-refractivity contribution < 1.29 is 0 Å². The zero-order valence-electron chi connectivity index (χ0n) is 7.94. The third-order valence-corrected chi connectivity index (χ3v) is 2.70. The van der Waals surface area contributed by atoms with E-state index in [0.29, 0.717) is 0 Å². The van der Waals surface area contributed by atoms with E-state index < -0.39 is 0 Å². The van der Waals surface area contributed by atoms with Crippen LogP contribution in [0.1, 0.15) is 12.5 Å². The second-order valence-corrected chi connectivity index (χ2v) is 4.30. The van der Waals surface area contributed by atoms with Gasteiger partial charge in [0, 0.05) is 12.2 Å². The molecule has 0 spiro atoms. The van der Waals surface area contributed by atoms with Gasteiger partial charge in [0.25, 0.3) is 0 Å². The van der Waals surface area contributed by atoms with Crippen LogP contribution in [0.25, 0.3) is 5.65 Å². The normalized spacial score (nSPS) is 13.4. The molecule has 0 aliphatic heterocycles. The Hall–Kier alpha value is -0.870. The summed E-state index contributed by atoms with van der Waals surface area (Å²) in [4.78, 5) is 4.33. The maximum absolute atomic E-state index is 5.77. The van der Waals surface area contributed by atoms with Crippen molar-refractivity contribution in [2.24, 2.45) is 5.73 Å². The topological polar surface area (TPSA) is 43.3 Å². The number of nitrogens with two attached hydrogens (primary N) is 1. The molecule has 1 atom stereocenters. The maximum atomic E-state index is 5.77. The zero-order chi connectivity index (χ0) is 10.1. The van der Waals surface area contributed by atoms with Gasteiger partial charge in [-0.25, -0.2) is 4.98 Å². The van der Waals surface area contributed by atoms with Crippen LogP contribution in [0.4, 0.5) is 0 Å². The van der Waals surface area contributed by atoms with Gasteiger partial charge in [0.1, 0.15) is 10.3 Å². The summed E-state index contributed by atoms with van der Waals surface area (Å²) in [6.45, 7) is 2.00. The number of halogens is 1. The lowest BCUT2D eigenvalue weighted by Crippen LogP contribution is -2.18. The van der Waals surface area contributed by atoms with Crippen molar-refractivity contribution >= 4 is 21.6 Å². The average Bonchev–Trinajstić information content (AvgIpc) is 2.49. The van der Waals surface area contributed by atoms with Crippen molar-refractivity contribution in [2.45, 2.75) is 19.4 Å². The molecular weight excluding hydrogens is 242 g/mol. The molecular formula is C10H12BrN3. The van der Waals surface area contributed by atoms with E-state index in [2.05, 4.69) is 27.0 Å². The Kier molecular flexibility index (Phi) is 2.56. The SMILES string of the molecule is CC(N)Cc1cccn2c(Br)cnc12. The predicted molar refractivity (Wildman–Crippen MR) is 60.2 cm³/mol. The highest BCUT2D eigenvalue weighted by molar-refractivity contribution is 9.10. The molecule has 74 valence electrons. The molecule has 0 bridgehead atoms. The van der Waals surface area contributed by atoms with Crippen molar-refractivity contribution in [2.75, 3.05) is 0 Å². The molecule has 0 fully saturated rings. The molecule has 2 heterocycles. The van der Waals surface area contributed by atoms with Crippen LogP contribution < -0.4 is 5.73 Å². The molecule has 2 N–H and O–H groups in total. The zero-order valence-corrected chi connectivity index (χ0v) is 9.53. The van der Waals surface area contributed by atoms with Gasteiger partial charge in [-0.2, -0.15) is 0 Å². The van der Waals surface area contributed by atoms with Gasteiger partial charge >= 0.3 is 0 Å². The first kappa shape index (κ1) is 9.68. The van der Waals surface area contributed by atoms with E-state index in [1.807, 2.05) is 23.6 Å². The van der Waals surface area contributed by atoms with Gasteiger partial charge in [0.05, 0.1) is 6.20 Å². The third kappa shape index (κ3) is 1.67. The minimum atomic E-state index is 0.164. The lowest BCUT2D eigenvalue weighted by atomic mass is 10.1. The van der Waals surface area contributed by atoms with Gasteiger partial charge in [-0.05, 0) is 40.9 Å². The van der Waals surface area contributed by atoms with E-state index in [4.69, 9.17) is 5.73 Å². The lowest BCUT2D eigenvalue weighted by Gasteiger charge is -2.06. The van der Waals surface area contributed by atoms with Crippen LogP contribution in [0.15, 0.2) is 29.1 Å². The minimum absolute atomic E-state index is 0.164. The van der Waals surface area contributed by atoms with Gasteiger partial charge in [-0.3, -0.25) is 4.40 Å². The summed E-state index contributed by atoms with van der Waals surface area (Å²) in [5.41, 5.74) is 7.94. The summed E-state index contributed by atoms with van der Waals surface area (Å²) in [7, 11) is 0. The Morgan fingerprint density at radius 2 is 2.43 bits per heavy atom. The van der Waals surface area contributed by atoms with E-state index in [1.54, 1.807) is 6.20 Å². The lowest BCUT2D eigenvalue weighted by molar-refractivity contribution is 0.738. The predicted octanol–water partition coefficient (Wildman–Crippen LogP) is 1.99. The van der Waals surface area contributed by atoms with Crippen LogP contribution in [-0.2, 0) is 6.42 Å². The highest BCUT2D eigenvalue weighted by atomic mass is 79.9. The van der Waals surface area contributed by atoms with E-state index in [9.17, 15) is 0 Å². The highest BCUT2D eigenvalue weighted by Gasteiger charge is 2.06. The third-order valence-electron chi connectivity index (χ3n) is 2.11. The highest BCUT2D eigenvalue weighted by Crippen LogP contribution is 2.16. The Morgan fingerprint density at radius 3 is 3.14 bits per heavy atom. The Bertz CT molecular complexity index is 448. The number of aromatic nitrogens is 2. The number of rotatable bonds is 2. The van der Waals surface area contributed by atoms with Crippen molar-refractivity contribution in [1.82, 2.24) is 9.38 Å². The van der Waals surface area contributed by atoms with Crippen LogP contribution in [0.3, 0.4) is 0 Å². The molecule has 2 aromatic rings. The van der Waals surface area contributed by atoms with Gasteiger partial charge in [0.15, 0.2) is 0 Å². The molecule has 0 amide bonds. The quantitative estimate of drug-likeness (QED) is 0.890. The van der Waals surface area contributed by atoms with Gasteiger partial charge in [0.2, 0.25) is 0 Å². The fourth-order valence-corrected chi connectivity index (χ4v) is 1.93. The molecule has 1 unspecified atom stereocenters. The van der Waals surface area contributed by atoms with Crippen LogP contribution in [0, 0.1) is 0 Å². The van der Waals surface area contributed by atoms with Crippen molar-refractivity contribution in [3.05, 3.63) is 34.7 Å². The maximum Gasteiger partial charge on any atom is 0.140 e. The Labute approximate surface area is 91.1 Å². The fraction of sp³-hybridized carbons (Fsp3) is 0.300. The summed E-state index contributed by atoms with van der Waals surface area (Å²) < 4.78 is 2.98. The molecule has 4 heteroatoms. The number of imidazole rings is 1. The average molecular weight is 254 g/mol. The second-order valence-electron chi connectivity index (χ2n) is 3.49. The van der Waals surface area contributed by atoms with E-state index in [0.717, 1.165) is 16.7 Å². The van der Waals surface area contributed by atoms with Crippen LogP contribution in [0.2, 0.25) is 0 Å². The summed E-state index contributed by atoms with van der Waals surface area (Å²) >= 11 is 3.44. The number of hydrogen-bond acceptors (Lipinski definition) is 2. The number of nitrogens with zero attached hydrogens (tertiary/aromatic N) is 2. The van der Waals surface area contributed by atoms with Gasteiger partial charge in [-0.15, -0.1) is 0 Å². The molecule has 0 radical (unpaired) electrons. The molecule has 0 aliphatic rings. The molecule has 0 aromatic carbocycles. The molecule has 14 heavy (non-hydrogen) atoms. The molecule has 0 aliphatic carbocycles. The van der Waals surface area contributed by atoms with Crippen molar-refractivity contribution in [1.29, 1.82) is 0 Å². The summed E-state index contributed by atoms with van der Waals surface area (Å²) in [5, 5.41) is 0. The van der Waals surface area contributed by atoms with E-state index in [-0.39, 0.29) is 6.04 Å². The summed E-state index contributed by atoms with van der Waals surface area (Å²) in [5.74, 6) is 0. The van der Waals surface area contributed by atoms with Gasteiger partial charge in [-0.1, -0.05) is 6.07 Å². The number of fused-ring (bicyclic) bond motifs is 1. The van der Waals surface area contributed by atoms with E-state index in [1.165, 1.54) is 5.56 Å². The Balaban J connectivity index is 2.54. The fourth-order valence-electron chi connectivity index (χ4n) is 1.55. The van der Waals surface area contributed by atoms with Crippen LogP contribution >= 0.6 is 15.9 Å². The first-order chi connectivity index (χ1) is 6.68. The smallest absolute Gasteiger partial charge is 0.140 e. The molecule has 2 aromatic heterocycles. The second kappa shape index (κ2) is 3.71. The minimum Gasteiger partial charge on any atom is -0.328 e. The van der Waals surface area contributed by atoms with Crippen LogP contribution in [0.5, 0.6) is 0 Å². The first-order valence-electron chi connectivity index (χ1n) is 4.54. The number of hydrogen-bond donors (Lipinski definition) is 1. The molecule has 2 rings (SSSR count). The van der Waals surface area contributed by atoms with Gasteiger partial charge < -0.3 is 5.73 Å². The number of pyridine rings is 1. The van der Waals surface area contributed by atoms with Crippen molar-refractivity contribution in [3.63, 3.8) is 0 Å². The van der Waals surface area contributed by atoms with Crippen LogP contribution in [-0.4, -0.2) is 15.4 Å². The molecule has 3 nitrogen and oxygen atoms in total. The van der Waals surface area contributed by atoms with Crippen molar-refractivity contribution in [3.8, 4) is 0 Å². The largest absolute Gasteiger partial charge is 0.328 e. The van der Waals surface area contributed by atoms with E-state index >= 15 is 0 Å².